The van der Waals surface area contributed by atoms with Gasteiger partial charge in [0.05, 0.1) is 11.2 Å². The predicted molar refractivity (Wildman–Crippen MR) is 66.1 cm³/mol. The van der Waals surface area contributed by atoms with Crippen molar-refractivity contribution in [3.8, 4) is 0 Å². The quantitative estimate of drug-likeness (QED) is 0.580. The maximum atomic E-state index is 6.22. The van der Waals surface area contributed by atoms with Crippen LogP contribution >= 0.6 is 0 Å². The van der Waals surface area contributed by atoms with E-state index in [-0.39, 0.29) is 11.2 Å². The third-order valence-electron chi connectivity index (χ3n) is 3.00. The van der Waals surface area contributed by atoms with Crippen LogP contribution in [0.2, 0.25) is 0 Å². The second-order valence-corrected chi connectivity index (χ2v) is 6.11. The Labute approximate surface area is 94.9 Å². The fourth-order valence-electron chi connectivity index (χ4n) is 2.35. The summed E-state index contributed by atoms with van der Waals surface area (Å²) < 4.78 is 6.22. The average Bonchev–Trinajstić information content (AvgIpc) is 2.04. The minimum absolute atomic E-state index is 0.0223. The maximum absolute atomic E-state index is 6.22. The van der Waals surface area contributed by atoms with E-state index in [1.54, 1.807) is 0 Å². The minimum atomic E-state index is -0.0223. The van der Waals surface area contributed by atoms with E-state index in [1.165, 1.54) is 31.3 Å². The van der Waals surface area contributed by atoms with Crippen LogP contribution in [0.5, 0.6) is 0 Å². The molecule has 1 atom stereocenters. The van der Waals surface area contributed by atoms with E-state index in [4.69, 9.17) is 4.74 Å². The molecule has 0 heterocycles. The van der Waals surface area contributed by atoms with E-state index in [0.29, 0.717) is 0 Å². The van der Waals surface area contributed by atoms with Crippen LogP contribution in [0, 0.1) is 0 Å². The number of hydrogen-bond donors (Lipinski definition) is 0. The lowest BCUT2D eigenvalue weighted by Crippen LogP contribution is -2.37. The molecule has 1 aliphatic rings. The van der Waals surface area contributed by atoms with Gasteiger partial charge in [-0.15, -0.1) is 0 Å². The van der Waals surface area contributed by atoms with Crippen molar-refractivity contribution in [3.63, 3.8) is 0 Å². The molecule has 0 spiro atoms. The summed E-state index contributed by atoms with van der Waals surface area (Å²) in [6.45, 7) is 11.0. The molecule has 0 N–H and O–H groups in total. The Kier molecular flexibility index (Phi) is 3.99. The van der Waals surface area contributed by atoms with Gasteiger partial charge in [0.25, 0.3) is 0 Å². The summed E-state index contributed by atoms with van der Waals surface area (Å²) in [5.41, 5.74) is 1.58. The van der Waals surface area contributed by atoms with Crippen LogP contribution in [0.15, 0.2) is 11.6 Å². The van der Waals surface area contributed by atoms with Crippen LogP contribution < -0.4 is 0 Å². The number of hydrogen-bond acceptors (Lipinski definition) is 1. The SMILES string of the molecule is CC1=CCCCC(C)(OC(C)(C)C)CC1. The maximum Gasteiger partial charge on any atom is 0.0664 e. The molecular formula is C14H26O. The van der Waals surface area contributed by atoms with Crippen molar-refractivity contribution in [1.82, 2.24) is 0 Å². The van der Waals surface area contributed by atoms with Crippen LogP contribution in [-0.4, -0.2) is 11.2 Å². The zero-order valence-electron chi connectivity index (χ0n) is 11.0. The van der Waals surface area contributed by atoms with Crippen molar-refractivity contribution in [3.05, 3.63) is 11.6 Å². The Hall–Kier alpha value is -0.300. The van der Waals surface area contributed by atoms with E-state index >= 15 is 0 Å². The highest BCUT2D eigenvalue weighted by Gasteiger charge is 2.30. The molecule has 1 heteroatoms. The van der Waals surface area contributed by atoms with Crippen molar-refractivity contribution in [2.24, 2.45) is 0 Å². The van der Waals surface area contributed by atoms with E-state index in [0.717, 1.165) is 6.42 Å². The molecule has 0 aliphatic heterocycles. The number of ether oxygens (including phenoxy) is 1. The first-order valence-corrected chi connectivity index (χ1v) is 6.17. The number of allylic oxidation sites excluding steroid dienone is 2. The Morgan fingerprint density at radius 3 is 2.53 bits per heavy atom. The summed E-state index contributed by atoms with van der Waals surface area (Å²) in [5.74, 6) is 0. The molecule has 0 aromatic heterocycles. The zero-order valence-corrected chi connectivity index (χ0v) is 11.0. The fraction of sp³-hybridized carbons (Fsp3) is 0.857. The van der Waals surface area contributed by atoms with Gasteiger partial charge in [0, 0.05) is 0 Å². The van der Waals surface area contributed by atoms with Gasteiger partial charge in [0.1, 0.15) is 0 Å². The fourth-order valence-corrected chi connectivity index (χ4v) is 2.35. The molecule has 15 heavy (non-hydrogen) atoms. The topological polar surface area (TPSA) is 9.23 Å². The highest BCUT2D eigenvalue weighted by Crippen LogP contribution is 2.32. The standard InChI is InChI=1S/C14H26O/c1-12-8-6-7-10-14(5,11-9-12)15-13(2,3)4/h8H,6-7,9-11H2,1-5H3. The summed E-state index contributed by atoms with van der Waals surface area (Å²) >= 11 is 0. The monoisotopic (exact) mass is 210 g/mol. The summed E-state index contributed by atoms with van der Waals surface area (Å²) in [7, 11) is 0. The molecule has 0 bridgehead atoms. The second-order valence-electron chi connectivity index (χ2n) is 6.11. The Balaban J connectivity index is 2.63. The number of rotatable bonds is 1. The van der Waals surface area contributed by atoms with E-state index in [2.05, 4.69) is 40.7 Å². The molecule has 1 unspecified atom stereocenters. The van der Waals surface area contributed by atoms with Gasteiger partial charge in [0.15, 0.2) is 0 Å². The molecule has 0 aromatic rings. The zero-order chi connectivity index (χ0) is 11.5. The second kappa shape index (κ2) is 4.69. The van der Waals surface area contributed by atoms with Crippen molar-refractivity contribution >= 4 is 0 Å². The first-order chi connectivity index (χ1) is 6.81. The van der Waals surface area contributed by atoms with Crippen LogP contribution in [-0.2, 0) is 4.74 Å². The molecule has 1 nitrogen and oxygen atoms in total. The van der Waals surface area contributed by atoms with Crippen molar-refractivity contribution in [2.75, 3.05) is 0 Å². The van der Waals surface area contributed by atoms with Crippen LogP contribution in [0.25, 0.3) is 0 Å². The van der Waals surface area contributed by atoms with Gasteiger partial charge in [-0.25, -0.2) is 0 Å². The van der Waals surface area contributed by atoms with Gasteiger partial charge in [-0.3, -0.25) is 0 Å². The van der Waals surface area contributed by atoms with E-state index in [9.17, 15) is 0 Å². The van der Waals surface area contributed by atoms with Crippen molar-refractivity contribution < 1.29 is 4.74 Å². The first-order valence-electron chi connectivity index (χ1n) is 6.17. The third kappa shape index (κ3) is 4.83. The van der Waals surface area contributed by atoms with E-state index in [1.807, 2.05) is 0 Å². The smallest absolute Gasteiger partial charge is 0.0664 e. The summed E-state index contributed by atoms with van der Waals surface area (Å²) in [5, 5.41) is 0. The minimum Gasteiger partial charge on any atom is -0.370 e. The Bertz CT molecular complexity index is 234. The molecule has 0 fully saturated rings. The molecule has 0 saturated carbocycles. The lowest BCUT2D eigenvalue weighted by molar-refractivity contribution is -0.130. The van der Waals surface area contributed by atoms with Gasteiger partial charge in [-0.05, 0) is 66.7 Å². The highest BCUT2D eigenvalue weighted by molar-refractivity contribution is 5.01. The van der Waals surface area contributed by atoms with Gasteiger partial charge in [-0.1, -0.05) is 11.6 Å². The highest BCUT2D eigenvalue weighted by atomic mass is 16.5. The van der Waals surface area contributed by atoms with Crippen LogP contribution in [0.4, 0.5) is 0 Å². The molecule has 0 saturated heterocycles. The molecule has 1 rings (SSSR count). The molecular weight excluding hydrogens is 184 g/mol. The largest absolute Gasteiger partial charge is 0.370 e. The van der Waals surface area contributed by atoms with Crippen molar-refractivity contribution in [1.29, 1.82) is 0 Å². The molecule has 0 radical (unpaired) electrons. The molecule has 1 aliphatic carbocycles. The van der Waals surface area contributed by atoms with Crippen LogP contribution in [0.3, 0.4) is 0 Å². The van der Waals surface area contributed by atoms with Gasteiger partial charge in [-0.2, -0.15) is 0 Å². The summed E-state index contributed by atoms with van der Waals surface area (Å²) in [6, 6.07) is 0. The Morgan fingerprint density at radius 2 is 1.93 bits per heavy atom. The average molecular weight is 210 g/mol. The summed E-state index contributed by atoms with van der Waals surface area (Å²) in [6.07, 6.45) is 8.39. The van der Waals surface area contributed by atoms with Crippen molar-refractivity contribution in [2.45, 2.75) is 77.9 Å². The van der Waals surface area contributed by atoms with E-state index < -0.39 is 0 Å². The molecule has 0 aromatic carbocycles. The lowest BCUT2D eigenvalue weighted by Gasteiger charge is -2.38. The molecule has 88 valence electrons. The van der Waals surface area contributed by atoms with Crippen LogP contribution in [0.1, 0.15) is 66.7 Å². The van der Waals surface area contributed by atoms with Gasteiger partial charge < -0.3 is 4.74 Å². The first kappa shape index (κ1) is 12.8. The summed E-state index contributed by atoms with van der Waals surface area (Å²) in [4.78, 5) is 0. The molecule has 0 amide bonds. The Morgan fingerprint density at radius 1 is 1.27 bits per heavy atom. The predicted octanol–water partition coefficient (Wildman–Crippen LogP) is 4.47. The van der Waals surface area contributed by atoms with Gasteiger partial charge >= 0.3 is 0 Å². The normalized spacial score (nSPS) is 29.3. The third-order valence-corrected chi connectivity index (χ3v) is 3.00. The lowest BCUT2D eigenvalue weighted by atomic mass is 9.88. The van der Waals surface area contributed by atoms with Gasteiger partial charge in [0.2, 0.25) is 0 Å².